The smallest absolute Gasteiger partial charge is 0.00746 e. The molecule has 2 rings (SSSR count). The number of nitrogens with two attached hydrogens (primary N) is 1. The summed E-state index contributed by atoms with van der Waals surface area (Å²) in [5.74, 6) is 3.22. The second kappa shape index (κ2) is 3.11. The van der Waals surface area contributed by atoms with Gasteiger partial charge in [0.2, 0.25) is 0 Å². The van der Waals surface area contributed by atoms with E-state index in [2.05, 4.69) is 5.32 Å². The van der Waals surface area contributed by atoms with Crippen molar-refractivity contribution in [2.75, 3.05) is 19.6 Å². The summed E-state index contributed by atoms with van der Waals surface area (Å²) in [6, 6.07) is 0. The van der Waals surface area contributed by atoms with Gasteiger partial charge in [-0.3, -0.25) is 0 Å². The first kappa shape index (κ1) is 7.56. The van der Waals surface area contributed by atoms with Gasteiger partial charge in [-0.25, -0.2) is 0 Å². The van der Waals surface area contributed by atoms with Crippen LogP contribution in [0.2, 0.25) is 0 Å². The number of fused-ring (bicyclic) bond motifs is 1. The Hall–Kier alpha value is -0.0800. The van der Waals surface area contributed by atoms with Crippen LogP contribution in [0, 0.1) is 17.8 Å². The van der Waals surface area contributed by atoms with Crippen molar-refractivity contribution in [1.82, 2.24) is 5.32 Å². The van der Waals surface area contributed by atoms with Crippen molar-refractivity contribution in [2.24, 2.45) is 23.5 Å². The average Bonchev–Trinajstić information content (AvgIpc) is 2.46. The van der Waals surface area contributed by atoms with E-state index in [0.29, 0.717) is 0 Å². The normalized spacial score (nSPS) is 40.6. The van der Waals surface area contributed by atoms with Gasteiger partial charge in [0.1, 0.15) is 0 Å². The average molecular weight is 154 g/mol. The zero-order valence-corrected chi connectivity index (χ0v) is 7.05. The minimum absolute atomic E-state index is 0.780. The Morgan fingerprint density at radius 3 is 2.64 bits per heavy atom. The van der Waals surface area contributed by atoms with E-state index in [9.17, 15) is 0 Å². The van der Waals surface area contributed by atoms with Crippen LogP contribution < -0.4 is 11.1 Å². The topological polar surface area (TPSA) is 38.0 Å². The van der Waals surface area contributed by atoms with Crippen molar-refractivity contribution >= 4 is 0 Å². The summed E-state index contributed by atoms with van der Waals surface area (Å²) >= 11 is 0. The molecule has 2 nitrogen and oxygen atoms in total. The van der Waals surface area contributed by atoms with Crippen molar-refractivity contribution < 1.29 is 0 Å². The van der Waals surface area contributed by atoms with Crippen LogP contribution in [0.5, 0.6) is 0 Å². The third kappa shape index (κ3) is 1.42. The van der Waals surface area contributed by atoms with Gasteiger partial charge in [-0.2, -0.15) is 0 Å². The van der Waals surface area contributed by atoms with Gasteiger partial charge in [0.25, 0.3) is 0 Å². The highest BCUT2D eigenvalue weighted by atomic mass is 14.9. The molecule has 2 aliphatic rings. The standard InChI is InChI=1S/C9H18N2/c10-4-5-11-6-9-7-2-1-3-8(7)9/h7-9,11H,1-6,10H2. The Labute approximate surface area is 68.5 Å². The quantitative estimate of drug-likeness (QED) is 0.581. The molecule has 3 N–H and O–H groups in total. The molecule has 2 saturated carbocycles. The van der Waals surface area contributed by atoms with Gasteiger partial charge >= 0.3 is 0 Å². The molecule has 11 heavy (non-hydrogen) atoms. The molecule has 0 heterocycles. The molecule has 0 saturated heterocycles. The summed E-state index contributed by atoms with van der Waals surface area (Å²) in [4.78, 5) is 0. The third-order valence-corrected chi connectivity index (χ3v) is 3.29. The van der Waals surface area contributed by atoms with Crippen LogP contribution in [0.15, 0.2) is 0 Å². The van der Waals surface area contributed by atoms with Crippen LogP contribution >= 0.6 is 0 Å². The summed E-state index contributed by atoms with van der Waals surface area (Å²) in [6.45, 7) is 3.00. The zero-order valence-electron chi connectivity index (χ0n) is 7.05. The van der Waals surface area contributed by atoms with E-state index in [1.807, 2.05) is 0 Å². The fourth-order valence-electron chi connectivity index (χ4n) is 2.64. The molecule has 0 spiro atoms. The highest BCUT2D eigenvalue weighted by Crippen LogP contribution is 2.56. The molecule has 2 atom stereocenters. The van der Waals surface area contributed by atoms with Crippen LogP contribution in [0.3, 0.4) is 0 Å². The highest BCUT2D eigenvalue weighted by molar-refractivity contribution is 5.01. The fourth-order valence-corrected chi connectivity index (χ4v) is 2.64. The lowest BCUT2D eigenvalue weighted by atomic mass is 10.1. The largest absolute Gasteiger partial charge is 0.329 e. The zero-order chi connectivity index (χ0) is 7.68. The molecule has 64 valence electrons. The molecule has 2 heteroatoms. The van der Waals surface area contributed by atoms with E-state index in [4.69, 9.17) is 5.73 Å². The van der Waals surface area contributed by atoms with Gasteiger partial charge in [-0.15, -0.1) is 0 Å². The lowest BCUT2D eigenvalue weighted by molar-refractivity contribution is 0.537. The third-order valence-electron chi connectivity index (χ3n) is 3.29. The van der Waals surface area contributed by atoms with Crippen molar-refractivity contribution in [3.8, 4) is 0 Å². The molecule has 0 aromatic carbocycles. The maximum Gasteiger partial charge on any atom is 0.00746 e. The van der Waals surface area contributed by atoms with Gasteiger partial charge in [0.15, 0.2) is 0 Å². The summed E-state index contributed by atoms with van der Waals surface area (Å²) in [5.41, 5.74) is 5.39. The van der Waals surface area contributed by atoms with E-state index in [-0.39, 0.29) is 0 Å². The molecule has 2 aliphatic carbocycles. The minimum atomic E-state index is 0.780. The maximum absolute atomic E-state index is 5.39. The molecule has 0 bridgehead atoms. The summed E-state index contributed by atoms with van der Waals surface area (Å²) in [7, 11) is 0. The monoisotopic (exact) mass is 154 g/mol. The Kier molecular flexibility index (Phi) is 2.14. The molecule has 2 fully saturated rings. The number of hydrogen-bond donors (Lipinski definition) is 2. The second-order valence-electron chi connectivity index (χ2n) is 3.92. The maximum atomic E-state index is 5.39. The van der Waals surface area contributed by atoms with Crippen LogP contribution in [-0.2, 0) is 0 Å². The van der Waals surface area contributed by atoms with Crippen LogP contribution in [0.25, 0.3) is 0 Å². The Balaban J connectivity index is 1.60. The van der Waals surface area contributed by atoms with Crippen molar-refractivity contribution in [1.29, 1.82) is 0 Å². The minimum Gasteiger partial charge on any atom is -0.329 e. The van der Waals surface area contributed by atoms with E-state index in [1.54, 1.807) is 0 Å². The fraction of sp³-hybridized carbons (Fsp3) is 1.00. The first-order valence-electron chi connectivity index (χ1n) is 4.84. The van der Waals surface area contributed by atoms with Gasteiger partial charge in [-0.1, -0.05) is 6.42 Å². The van der Waals surface area contributed by atoms with E-state index >= 15 is 0 Å². The molecule has 0 aliphatic heterocycles. The Bertz CT molecular complexity index is 126. The van der Waals surface area contributed by atoms with Gasteiger partial charge in [0.05, 0.1) is 0 Å². The molecular weight excluding hydrogens is 136 g/mol. The molecule has 2 unspecified atom stereocenters. The molecule has 0 aromatic rings. The van der Waals surface area contributed by atoms with Crippen molar-refractivity contribution in [3.05, 3.63) is 0 Å². The van der Waals surface area contributed by atoms with Gasteiger partial charge in [-0.05, 0) is 37.1 Å². The second-order valence-corrected chi connectivity index (χ2v) is 3.92. The summed E-state index contributed by atoms with van der Waals surface area (Å²) < 4.78 is 0. The van der Waals surface area contributed by atoms with Gasteiger partial charge in [0, 0.05) is 13.1 Å². The highest BCUT2D eigenvalue weighted by Gasteiger charge is 2.51. The lowest BCUT2D eigenvalue weighted by Crippen LogP contribution is -2.25. The van der Waals surface area contributed by atoms with Crippen LogP contribution in [0.1, 0.15) is 19.3 Å². The lowest BCUT2D eigenvalue weighted by Gasteiger charge is -2.03. The van der Waals surface area contributed by atoms with Crippen LogP contribution in [0.4, 0.5) is 0 Å². The number of rotatable bonds is 4. The van der Waals surface area contributed by atoms with E-state index < -0.39 is 0 Å². The van der Waals surface area contributed by atoms with Gasteiger partial charge < -0.3 is 11.1 Å². The Morgan fingerprint density at radius 1 is 1.27 bits per heavy atom. The first-order valence-corrected chi connectivity index (χ1v) is 4.84. The van der Waals surface area contributed by atoms with Crippen molar-refractivity contribution in [3.63, 3.8) is 0 Å². The van der Waals surface area contributed by atoms with Crippen molar-refractivity contribution in [2.45, 2.75) is 19.3 Å². The summed E-state index contributed by atoms with van der Waals surface area (Å²) in [5, 5.41) is 3.40. The number of nitrogens with one attached hydrogen (secondary N) is 1. The van der Waals surface area contributed by atoms with E-state index in [1.165, 1.54) is 25.8 Å². The predicted molar refractivity (Wildman–Crippen MR) is 46.2 cm³/mol. The molecule has 0 amide bonds. The Morgan fingerprint density at radius 2 is 2.00 bits per heavy atom. The number of hydrogen-bond acceptors (Lipinski definition) is 2. The van der Waals surface area contributed by atoms with E-state index in [0.717, 1.165) is 30.8 Å². The SMILES string of the molecule is NCCNCC1C2CCCC21. The van der Waals surface area contributed by atoms with Crippen LogP contribution in [-0.4, -0.2) is 19.6 Å². The molecule has 0 aromatic heterocycles. The molecular formula is C9H18N2. The summed E-state index contributed by atoms with van der Waals surface area (Å²) in [6.07, 6.45) is 4.49. The molecule has 0 radical (unpaired) electrons. The first-order chi connectivity index (χ1) is 5.43. The predicted octanol–water partition coefficient (Wildman–Crippen LogP) is 0.581.